The molecular formula is C11H16ClN3O3. The summed E-state index contributed by atoms with van der Waals surface area (Å²) in [5, 5.41) is 14.2. The maximum absolute atomic E-state index is 10.8. The Morgan fingerprint density at radius 3 is 2.94 bits per heavy atom. The molecular weight excluding hydrogens is 258 g/mol. The number of hydrogen-bond acceptors (Lipinski definition) is 5. The van der Waals surface area contributed by atoms with E-state index in [9.17, 15) is 10.1 Å². The summed E-state index contributed by atoms with van der Waals surface area (Å²) in [6.45, 7) is 5.26. The molecule has 0 aliphatic heterocycles. The summed E-state index contributed by atoms with van der Waals surface area (Å²) in [6.07, 6.45) is 2.08. The summed E-state index contributed by atoms with van der Waals surface area (Å²) < 4.78 is 5.28. The Morgan fingerprint density at radius 1 is 1.61 bits per heavy atom. The van der Waals surface area contributed by atoms with Crippen LogP contribution >= 0.6 is 11.6 Å². The van der Waals surface area contributed by atoms with Gasteiger partial charge in [-0.3, -0.25) is 10.1 Å². The highest BCUT2D eigenvalue weighted by Gasteiger charge is 2.17. The lowest BCUT2D eigenvalue weighted by Gasteiger charge is -2.08. The van der Waals surface area contributed by atoms with Gasteiger partial charge in [0, 0.05) is 12.1 Å². The summed E-state index contributed by atoms with van der Waals surface area (Å²) in [7, 11) is 0. The average Bonchev–Trinajstić information content (AvgIpc) is 2.29. The number of nitrogens with one attached hydrogen (secondary N) is 1. The molecule has 1 heterocycles. The van der Waals surface area contributed by atoms with E-state index in [1.807, 2.05) is 13.8 Å². The molecule has 1 rings (SSSR count). The minimum absolute atomic E-state index is 0.00828. The Hall–Kier alpha value is -1.40. The van der Waals surface area contributed by atoms with Gasteiger partial charge in [-0.1, -0.05) is 25.4 Å². The van der Waals surface area contributed by atoms with Gasteiger partial charge in [0.15, 0.2) is 0 Å². The van der Waals surface area contributed by atoms with Crippen molar-refractivity contribution in [1.82, 2.24) is 10.3 Å². The first kappa shape index (κ1) is 14.7. The molecule has 0 saturated carbocycles. The zero-order valence-corrected chi connectivity index (χ0v) is 11.1. The molecule has 0 aliphatic carbocycles. The highest BCUT2D eigenvalue weighted by atomic mass is 35.5. The second-order valence-corrected chi connectivity index (χ2v) is 4.48. The zero-order valence-electron chi connectivity index (χ0n) is 10.4. The van der Waals surface area contributed by atoms with Crippen LogP contribution in [0.1, 0.15) is 20.3 Å². The SMILES string of the molecule is CC(C)NCCCOc1ncc(Cl)cc1[N+](=O)[O-]. The van der Waals surface area contributed by atoms with Crippen LogP contribution in [0.5, 0.6) is 5.88 Å². The molecule has 0 atom stereocenters. The van der Waals surface area contributed by atoms with Gasteiger partial charge in [-0.15, -0.1) is 0 Å². The maximum atomic E-state index is 10.8. The molecule has 7 heteroatoms. The monoisotopic (exact) mass is 273 g/mol. The molecule has 1 aromatic rings. The van der Waals surface area contributed by atoms with E-state index in [1.165, 1.54) is 12.3 Å². The quantitative estimate of drug-likeness (QED) is 0.469. The van der Waals surface area contributed by atoms with E-state index in [4.69, 9.17) is 16.3 Å². The van der Waals surface area contributed by atoms with Crippen LogP contribution in [-0.2, 0) is 0 Å². The third-order valence-corrected chi connectivity index (χ3v) is 2.31. The van der Waals surface area contributed by atoms with E-state index in [0.717, 1.165) is 13.0 Å². The van der Waals surface area contributed by atoms with Gasteiger partial charge in [-0.25, -0.2) is 4.98 Å². The lowest BCUT2D eigenvalue weighted by Crippen LogP contribution is -2.24. The Balaban J connectivity index is 2.49. The first-order chi connectivity index (χ1) is 8.50. The predicted octanol–water partition coefficient (Wildman–Crippen LogP) is 2.41. The molecule has 0 spiro atoms. The van der Waals surface area contributed by atoms with Crippen molar-refractivity contribution in [3.8, 4) is 5.88 Å². The van der Waals surface area contributed by atoms with E-state index in [2.05, 4.69) is 10.3 Å². The third kappa shape index (κ3) is 4.85. The van der Waals surface area contributed by atoms with Crippen molar-refractivity contribution >= 4 is 17.3 Å². The second kappa shape index (κ2) is 7.13. The van der Waals surface area contributed by atoms with Gasteiger partial charge < -0.3 is 10.1 Å². The second-order valence-electron chi connectivity index (χ2n) is 4.05. The normalized spacial score (nSPS) is 10.7. The Bertz CT molecular complexity index is 413. The molecule has 0 aliphatic rings. The highest BCUT2D eigenvalue weighted by Crippen LogP contribution is 2.26. The molecule has 0 radical (unpaired) electrons. The standard InChI is InChI=1S/C11H16ClN3O3/c1-8(2)13-4-3-5-18-11-10(15(16)17)6-9(12)7-14-11/h6-8,13H,3-5H2,1-2H3. The number of aromatic nitrogens is 1. The third-order valence-electron chi connectivity index (χ3n) is 2.11. The molecule has 0 fully saturated rings. The van der Waals surface area contributed by atoms with E-state index >= 15 is 0 Å². The van der Waals surface area contributed by atoms with Gasteiger partial charge in [0.25, 0.3) is 5.88 Å². The molecule has 0 saturated heterocycles. The number of rotatable bonds is 7. The molecule has 0 amide bonds. The van der Waals surface area contributed by atoms with Crippen molar-refractivity contribution in [1.29, 1.82) is 0 Å². The lowest BCUT2D eigenvalue weighted by atomic mass is 10.3. The van der Waals surface area contributed by atoms with Crippen LogP contribution in [0.3, 0.4) is 0 Å². The Morgan fingerprint density at radius 2 is 2.33 bits per heavy atom. The predicted molar refractivity (Wildman–Crippen MR) is 69.2 cm³/mol. The van der Waals surface area contributed by atoms with Gasteiger partial charge in [0.1, 0.15) is 0 Å². The van der Waals surface area contributed by atoms with Gasteiger partial charge in [-0.2, -0.15) is 0 Å². The van der Waals surface area contributed by atoms with Gasteiger partial charge in [0.2, 0.25) is 0 Å². The number of halogens is 1. The fourth-order valence-corrected chi connectivity index (χ4v) is 1.44. The van der Waals surface area contributed by atoms with E-state index < -0.39 is 4.92 Å². The fourth-order valence-electron chi connectivity index (χ4n) is 1.29. The van der Waals surface area contributed by atoms with Gasteiger partial charge in [-0.05, 0) is 13.0 Å². The number of nitrogens with zero attached hydrogens (tertiary/aromatic N) is 2. The number of nitro groups is 1. The molecule has 1 N–H and O–H groups in total. The summed E-state index contributed by atoms with van der Waals surface area (Å²) in [5.74, 6) is 0.00828. The zero-order chi connectivity index (χ0) is 13.5. The van der Waals surface area contributed by atoms with Gasteiger partial charge >= 0.3 is 5.69 Å². The van der Waals surface area contributed by atoms with Crippen molar-refractivity contribution in [2.24, 2.45) is 0 Å². The molecule has 1 aromatic heterocycles. The van der Waals surface area contributed by atoms with Crippen LogP contribution in [0.15, 0.2) is 12.3 Å². The van der Waals surface area contributed by atoms with Crippen molar-refractivity contribution < 1.29 is 9.66 Å². The summed E-state index contributed by atoms with van der Waals surface area (Å²) in [6, 6.07) is 1.64. The first-order valence-electron chi connectivity index (χ1n) is 5.67. The summed E-state index contributed by atoms with van der Waals surface area (Å²) in [4.78, 5) is 14.0. The van der Waals surface area contributed by atoms with Crippen LogP contribution in [0.2, 0.25) is 5.02 Å². The summed E-state index contributed by atoms with van der Waals surface area (Å²) >= 11 is 5.65. The van der Waals surface area contributed by atoms with E-state index in [-0.39, 0.29) is 16.6 Å². The van der Waals surface area contributed by atoms with E-state index in [0.29, 0.717) is 12.6 Å². The van der Waals surface area contributed by atoms with Crippen LogP contribution in [0.25, 0.3) is 0 Å². The lowest BCUT2D eigenvalue weighted by molar-refractivity contribution is -0.386. The number of hydrogen-bond donors (Lipinski definition) is 1. The van der Waals surface area contributed by atoms with Crippen LogP contribution < -0.4 is 10.1 Å². The first-order valence-corrected chi connectivity index (χ1v) is 6.04. The average molecular weight is 274 g/mol. The van der Waals surface area contributed by atoms with Crippen molar-refractivity contribution in [2.45, 2.75) is 26.3 Å². The topological polar surface area (TPSA) is 77.3 Å². The Kier molecular flexibility index (Phi) is 5.80. The smallest absolute Gasteiger partial charge is 0.332 e. The minimum Gasteiger partial charge on any atom is -0.473 e. The molecule has 6 nitrogen and oxygen atoms in total. The molecule has 18 heavy (non-hydrogen) atoms. The highest BCUT2D eigenvalue weighted by molar-refractivity contribution is 6.30. The molecule has 0 aromatic carbocycles. The van der Waals surface area contributed by atoms with Crippen molar-refractivity contribution in [3.05, 3.63) is 27.4 Å². The van der Waals surface area contributed by atoms with Gasteiger partial charge in [0.05, 0.1) is 22.7 Å². The molecule has 0 unspecified atom stereocenters. The van der Waals surface area contributed by atoms with Crippen LogP contribution in [0.4, 0.5) is 5.69 Å². The minimum atomic E-state index is -0.555. The van der Waals surface area contributed by atoms with E-state index in [1.54, 1.807) is 0 Å². The van der Waals surface area contributed by atoms with Crippen LogP contribution in [0, 0.1) is 10.1 Å². The Labute approximate surface area is 110 Å². The van der Waals surface area contributed by atoms with Crippen LogP contribution in [-0.4, -0.2) is 29.1 Å². The van der Waals surface area contributed by atoms with Crippen molar-refractivity contribution in [2.75, 3.05) is 13.2 Å². The number of pyridine rings is 1. The summed E-state index contributed by atoms with van der Waals surface area (Å²) in [5.41, 5.74) is -0.209. The molecule has 0 bridgehead atoms. The van der Waals surface area contributed by atoms with Crippen molar-refractivity contribution in [3.63, 3.8) is 0 Å². The fraction of sp³-hybridized carbons (Fsp3) is 0.545. The largest absolute Gasteiger partial charge is 0.473 e. The molecule has 100 valence electrons. The number of ether oxygens (including phenoxy) is 1. The maximum Gasteiger partial charge on any atom is 0.332 e.